The lowest BCUT2D eigenvalue weighted by Gasteiger charge is -2.09. The maximum Gasteiger partial charge on any atom is 0.224 e. The number of rotatable bonds is 4. The third kappa shape index (κ3) is 3.93. The van der Waals surface area contributed by atoms with Crippen LogP contribution in [0.4, 0.5) is 5.69 Å². The maximum atomic E-state index is 11.6. The van der Waals surface area contributed by atoms with Crippen molar-refractivity contribution in [1.29, 1.82) is 0 Å². The molecule has 0 fully saturated rings. The lowest BCUT2D eigenvalue weighted by molar-refractivity contribution is -0.116. The number of phenols is 1. The second-order valence-corrected chi connectivity index (χ2v) is 4.48. The Morgan fingerprint density at radius 2 is 2.12 bits per heavy atom. The standard InChI is InChI=1S/C13H19NO2/c1-9(2)4-7-13(16)14-12-6-5-11(15)8-10(12)3/h5-6,8-9,15H,4,7H2,1-3H3,(H,14,16). The number of benzene rings is 1. The Kier molecular flexibility index (Phi) is 4.35. The number of nitrogens with one attached hydrogen (secondary N) is 1. The summed E-state index contributed by atoms with van der Waals surface area (Å²) in [5.41, 5.74) is 1.64. The molecule has 0 aliphatic rings. The van der Waals surface area contributed by atoms with Gasteiger partial charge >= 0.3 is 0 Å². The molecule has 0 heterocycles. The SMILES string of the molecule is Cc1cc(O)ccc1NC(=O)CCC(C)C. The Balaban J connectivity index is 2.56. The number of aryl methyl sites for hydroxylation is 1. The van der Waals surface area contributed by atoms with Gasteiger partial charge in [-0.25, -0.2) is 0 Å². The van der Waals surface area contributed by atoms with Gasteiger partial charge in [-0.2, -0.15) is 0 Å². The van der Waals surface area contributed by atoms with E-state index in [2.05, 4.69) is 19.2 Å². The predicted octanol–water partition coefficient (Wildman–Crippen LogP) is 3.08. The number of carbonyl (C=O) groups is 1. The van der Waals surface area contributed by atoms with Crippen molar-refractivity contribution in [2.24, 2.45) is 5.92 Å². The van der Waals surface area contributed by atoms with Gasteiger partial charge < -0.3 is 10.4 Å². The summed E-state index contributed by atoms with van der Waals surface area (Å²) in [5.74, 6) is 0.784. The van der Waals surface area contributed by atoms with Gasteiger partial charge in [0, 0.05) is 12.1 Å². The number of hydrogen-bond acceptors (Lipinski definition) is 2. The molecule has 0 aliphatic heterocycles. The summed E-state index contributed by atoms with van der Waals surface area (Å²) in [6.07, 6.45) is 1.43. The minimum atomic E-state index is 0.0301. The first-order valence-corrected chi connectivity index (χ1v) is 5.58. The highest BCUT2D eigenvalue weighted by Crippen LogP contribution is 2.20. The zero-order valence-corrected chi connectivity index (χ0v) is 10.1. The number of anilines is 1. The van der Waals surface area contributed by atoms with Crippen LogP contribution in [0.25, 0.3) is 0 Å². The highest BCUT2D eigenvalue weighted by atomic mass is 16.3. The molecule has 0 atom stereocenters. The fourth-order valence-electron chi connectivity index (χ4n) is 1.42. The van der Waals surface area contributed by atoms with E-state index >= 15 is 0 Å². The number of phenolic OH excluding ortho intramolecular Hbond substituents is 1. The van der Waals surface area contributed by atoms with Crippen LogP contribution in [0, 0.1) is 12.8 Å². The van der Waals surface area contributed by atoms with E-state index in [1.807, 2.05) is 6.92 Å². The molecule has 1 aromatic carbocycles. The Morgan fingerprint density at radius 1 is 1.44 bits per heavy atom. The van der Waals surface area contributed by atoms with Gasteiger partial charge in [-0.3, -0.25) is 4.79 Å². The first-order valence-electron chi connectivity index (χ1n) is 5.58. The predicted molar refractivity (Wildman–Crippen MR) is 65.5 cm³/mol. The molecule has 88 valence electrons. The van der Waals surface area contributed by atoms with Crippen LogP contribution in [-0.4, -0.2) is 11.0 Å². The fourth-order valence-corrected chi connectivity index (χ4v) is 1.42. The Bertz CT molecular complexity index is 372. The minimum Gasteiger partial charge on any atom is -0.508 e. The summed E-state index contributed by atoms with van der Waals surface area (Å²) in [4.78, 5) is 11.6. The van der Waals surface area contributed by atoms with Crippen LogP contribution in [0.5, 0.6) is 5.75 Å². The summed E-state index contributed by atoms with van der Waals surface area (Å²) >= 11 is 0. The Labute approximate surface area is 96.5 Å². The molecule has 2 N–H and O–H groups in total. The number of aromatic hydroxyl groups is 1. The van der Waals surface area contributed by atoms with Gasteiger partial charge in [0.1, 0.15) is 5.75 Å². The highest BCUT2D eigenvalue weighted by molar-refractivity contribution is 5.91. The lowest BCUT2D eigenvalue weighted by Crippen LogP contribution is -2.12. The van der Waals surface area contributed by atoms with Crippen molar-refractivity contribution < 1.29 is 9.90 Å². The first-order chi connectivity index (χ1) is 7.49. The number of hydrogen-bond donors (Lipinski definition) is 2. The van der Waals surface area contributed by atoms with Crippen molar-refractivity contribution in [3.63, 3.8) is 0 Å². The second-order valence-electron chi connectivity index (χ2n) is 4.48. The van der Waals surface area contributed by atoms with Crippen LogP contribution in [0.1, 0.15) is 32.3 Å². The maximum absolute atomic E-state index is 11.6. The molecule has 0 aliphatic carbocycles. The van der Waals surface area contributed by atoms with E-state index in [4.69, 9.17) is 0 Å². The highest BCUT2D eigenvalue weighted by Gasteiger charge is 2.06. The van der Waals surface area contributed by atoms with Gasteiger partial charge in [0.15, 0.2) is 0 Å². The van der Waals surface area contributed by atoms with Gasteiger partial charge in [-0.1, -0.05) is 13.8 Å². The lowest BCUT2D eigenvalue weighted by atomic mass is 10.1. The van der Waals surface area contributed by atoms with Crippen LogP contribution in [-0.2, 0) is 4.79 Å². The van der Waals surface area contributed by atoms with E-state index in [0.717, 1.165) is 17.7 Å². The van der Waals surface area contributed by atoms with E-state index in [-0.39, 0.29) is 11.7 Å². The van der Waals surface area contributed by atoms with Crippen LogP contribution < -0.4 is 5.32 Å². The van der Waals surface area contributed by atoms with Gasteiger partial charge in [-0.05, 0) is 43.0 Å². The van der Waals surface area contributed by atoms with Crippen molar-refractivity contribution in [2.75, 3.05) is 5.32 Å². The molecule has 0 unspecified atom stereocenters. The van der Waals surface area contributed by atoms with Crippen molar-refractivity contribution in [3.05, 3.63) is 23.8 Å². The van der Waals surface area contributed by atoms with Crippen molar-refractivity contribution in [2.45, 2.75) is 33.6 Å². The summed E-state index contributed by atoms with van der Waals surface area (Å²) in [6.45, 7) is 6.05. The summed E-state index contributed by atoms with van der Waals surface area (Å²) in [7, 11) is 0. The molecule has 16 heavy (non-hydrogen) atoms. The van der Waals surface area contributed by atoms with Gasteiger partial charge in [0.25, 0.3) is 0 Å². The van der Waals surface area contributed by atoms with Crippen LogP contribution in [0.3, 0.4) is 0 Å². The molecule has 0 radical (unpaired) electrons. The van der Waals surface area contributed by atoms with Crippen molar-refractivity contribution in [3.8, 4) is 5.75 Å². The largest absolute Gasteiger partial charge is 0.508 e. The molecule has 3 heteroatoms. The monoisotopic (exact) mass is 221 g/mol. The molecule has 3 nitrogen and oxygen atoms in total. The van der Waals surface area contributed by atoms with Gasteiger partial charge in [0.05, 0.1) is 0 Å². The van der Waals surface area contributed by atoms with E-state index < -0.39 is 0 Å². The Hall–Kier alpha value is -1.51. The molecule has 0 aromatic heterocycles. The minimum absolute atomic E-state index is 0.0301. The normalized spacial score (nSPS) is 10.5. The first kappa shape index (κ1) is 12.6. The summed E-state index contributed by atoms with van der Waals surface area (Å²) in [6, 6.07) is 4.93. The number of carbonyl (C=O) groups excluding carboxylic acids is 1. The molecule has 0 spiro atoms. The van der Waals surface area contributed by atoms with E-state index in [1.54, 1.807) is 18.2 Å². The van der Waals surface area contributed by atoms with Crippen LogP contribution in [0.15, 0.2) is 18.2 Å². The molecule has 1 amide bonds. The zero-order chi connectivity index (χ0) is 12.1. The Morgan fingerprint density at radius 3 is 2.69 bits per heavy atom. The third-order valence-corrected chi connectivity index (χ3v) is 2.43. The zero-order valence-electron chi connectivity index (χ0n) is 10.1. The molecular formula is C13H19NO2. The van der Waals surface area contributed by atoms with Gasteiger partial charge in [-0.15, -0.1) is 0 Å². The quantitative estimate of drug-likeness (QED) is 0.768. The fraction of sp³-hybridized carbons (Fsp3) is 0.462. The van der Waals surface area contributed by atoms with Crippen LogP contribution in [0.2, 0.25) is 0 Å². The van der Waals surface area contributed by atoms with Crippen LogP contribution >= 0.6 is 0 Å². The number of amides is 1. The summed E-state index contributed by atoms with van der Waals surface area (Å²) in [5, 5.41) is 12.1. The average Bonchev–Trinajstić information content (AvgIpc) is 2.19. The van der Waals surface area contributed by atoms with E-state index in [9.17, 15) is 9.90 Å². The second kappa shape index (κ2) is 5.54. The topological polar surface area (TPSA) is 49.3 Å². The molecule has 1 rings (SSSR count). The average molecular weight is 221 g/mol. The molecule has 0 bridgehead atoms. The smallest absolute Gasteiger partial charge is 0.224 e. The van der Waals surface area contributed by atoms with Gasteiger partial charge in [0.2, 0.25) is 5.91 Å². The molecule has 0 saturated heterocycles. The molecule has 1 aromatic rings. The molecule has 0 saturated carbocycles. The van der Waals surface area contributed by atoms with Crippen molar-refractivity contribution >= 4 is 11.6 Å². The van der Waals surface area contributed by atoms with E-state index in [1.165, 1.54) is 0 Å². The molecular weight excluding hydrogens is 202 g/mol. The summed E-state index contributed by atoms with van der Waals surface area (Å²) < 4.78 is 0. The van der Waals surface area contributed by atoms with E-state index in [0.29, 0.717) is 12.3 Å². The van der Waals surface area contributed by atoms with Crippen molar-refractivity contribution in [1.82, 2.24) is 0 Å². The third-order valence-electron chi connectivity index (χ3n) is 2.43.